The molecule has 0 bridgehead atoms. The van der Waals surface area contributed by atoms with Gasteiger partial charge in [0.2, 0.25) is 5.12 Å². The number of rotatable bonds is 2. The number of halogens is 1. The number of aliphatic imine (C=N–C) groups is 1. The minimum absolute atomic E-state index is 0.0520. The van der Waals surface area contributed by atoms with Gasteiger partial charge in [-0.05, 0) is 54.4 Å². The highest BCUT2D eigenvalue weighted by Gasteiger charge is 2.21. The summed E-state index contributed by atoms with van der Waals surface area (Å²) in [5, 5.41) is 0.629. The summed E-state index contributed by atoms with van der Waals surface area (Å²) >= 11 is 8.47. The number of carbonyl (C=O) groups is 1. The Kier molecular flexibility index (Phi) is 4.24. The van der Waals surface area contributed by atoms with Gasteiger partial charge in [0.1, 0.15) is 21.6 Å². The van der Waals surface area contributed by atoms with Crippen LogP contribution in [0.15, 0.2) is 51.5 Å². The molecule has 2 aromatic rings. The maximum atomic E-state index is 11.8. The lowest BCUT2D eigenvalue weighted by Gasteiger charge is -1.96. The first-order valence-corrected chi connectivity index (χ1v) is 8.50. The van der Waals surface area contributed by atoms with Crippen LogP contribution in [-0.2, 0) is 4.79 Å². The summed E-state index contributed by atoms with van der Waals surface area (Å²) in [6, 6.07) is 11.1. The van der Waals surface area contributed by atoms with Gasteiger partial charge in [0.05, 0.1) is 0 Å². The normalized spacial score (nSPS) is 16.6. The quantitative estimate of drug-likeness (QED) is 0.729. The van der Waals surface area contributed by atoms with Crippen LogP contribution in [0.25, 0.3) is 17.4 Å². The van der Waals surface area contributed by atoms with Gasteiger partial charge in [-0.2, -0.15) is 0 Å². The lowest BCUT2D eigenvalue weighted by Crippen LogP contribution is -1.86. The molecule has 0 aliphatic carbocycles. The molecule has 106 valence electrons. The predicted octanol–water partition coefficient (Wildman–Crippen LogP) is 4.93. The van der Waals surface area contributed by atoms with Crippen molar-refractivity contribution < 1.29 is 9.21 Å². The Morgan fingerprint density at radius 2 is 2.00 bits per heavy atom. The smallest absolute Gasteiger partial charge is 0.244 e. The molecule has 1 aliphatic rings. The minimum Gasteiger partial charge on any atom is -0.457 e. The van der Waals surface area contributed by atoms with Crippen molar-refractivity contribution in [2.75, 3.05) is 6.26 Å². The van der Waals surface area contributed by atoms with E-state index < -0.39 is 0 Å². The van der Waals surface area contributed by atoms with Crippen LogP contribution in [0.5, 0.6) is 0 Å². The number of hydrogen-bond donors (Lipinski definition) is 0. The number of furan rings is 1. The first kappa shape index (κ1) is 14.5. The van der Waals surface area contributed by atoms with Crippen molar-refractivity contribution >= 4 is 50.7 Å². The van der Waals surface area contributed by atoms with Crippen molar-refractivity contribution in [3.8, 4) is 11.3 Å². The Balaban J connectivity index is 1.87. The number of carbonyl (C=O) groups excluding carboxylic acids is 1. The summed E-state index contributed by atoms with van der Waals surface area (Å²) in [4.78, 5) is 16.0. The maximum absolute atomic E-state index is 11.8. The van der Waals surface area contributed by atoms with Gasteiger partial charge in [0.25, 0.3) is 0 Å². The van der Waals surface area contributed by atoms with E-state index in [0.717, 1.165) is 27.5 Å². The van der Waals surface area contributed by atoms with Crippen LogP contribution in [0, 0.1) is 0 Å². The predicted molar refractivity (Wildman–Crippen MR) is 90.7 cm³/mol. The average Bonchev–Trinajstić information content (AvgIpc) is 3.08. The molecule has 3 rings (SSSR count). The van der Waals surface area contributed by atoms with E-state index in [1.807, 2.05) is 42.7 Å². The van der Waals surface area contributed by atoms with Crippen LogP contribution >= 0.6 is 35.1 Å². The molecule has 3 nitrogen and oxygen atoms in total. The maximum Gasteiger partial charge on any atom is 0.244 e. The standard InChI is InChI=1S/C15H10ClNO2S2/c1-20-15-17-12(14(18)21-15)8-11-6-7-13(19-11)9-2-4-10(16)5-3-9/h2-8H,1H3. The monoisotopic (exact) mass is 335 g/mol. The number of hydrogen-bond acceptors (Lipinski definition) is 5. The van der Waals surface area contributed by atoms with E-state index in [0.29, 0.717) is 16.5 Å². The molecule has 0 amide bonds. The third-order valence-electron chi connectivity index (χ3n) is 2.81. The van der Waals surface area contributed by atoms with Gasteiger partial charge in [-0.3, -0.25) is 4.79 Å². The molecule has 21 heavy (non-hydrogen) atoms. The largest absolute Gasteiger partial charge is 0.457 e. The summed E-state index contributed by atoms with van der Waals surface area (Å²) in [6.45, 7) is 0. The second-order valence-corrected chi connectivity index (χ2v) is 6.66. The first-order valence-electron chi connectivity index (χ1n) is 6.08. The zero-order chi connectivity index (χ0) is 14.8. The summed E-state index contributed by atoms with van der Waals surface area (Å²) in [5.74, 6) is 1.33. The molecule has 1 aromatic carbocycles. The number of thioether (sulfide) groups is 2. The highest BCUT2D eigenvalue weighted by Crippen LogP contribution is 2.31. The van der Waals surface area contributed by atoms with Crippen molar-refractivity contribution in [2.45, 2.75) is 0 Å². The Morgan fingerprint density at radius 1 is 1.24 bits per heavy atom. The molecule has 1 aromatic heterocycles. The van der Waals surface area contributed by atoms with Crippen LogP contribution in [0.4, 0.5) is 0 Å². The van der Waals surface area contributed by atoms with Crippen LogP contribution in [0.1, 0.15) is 5.76 Å². The number of nitrogens with zero attached hydrogens (tertiary/aromatic N) is 1. The molecule has 1 aliphatic heterocycles. The minimum atomic E-state index is -0.0520. The molecule has 0 radical (unpaired) electrons. The average molecular weight is 336 g/mol. The van der Waals surface area contributed by atoms with Crippen LogP contribution in [-0.4, -0.2) is 15.7 Å². The Morgan fingerprint density at radius 3 is 2.67 bits per heavy atom. The molecule has 0 saturated heterocycles. The Hall–Kier alpha value is -1.43. The SMILES string of the molecule is CSC1=NC(=Cc2ccc(-c3ccc(Cl)cc3)o2)C(=O)S1. The van der Waals surface area contributed by atoms with E-state index in [4.69, 9.17) is 16.0 Å². The van der Waals surface area contributed by atoms with E-state index in [2.05, 4.69) is 4.99 Å². The van der Waals surface area contributed by atoms with Crippen molar-refractivity contribution in [3.05, 3.63) is 52.9 Å². The van der Waals surface area contributed by atoms with Crippen LogP contribution in [0.2, 0.25) is 5.02 Å². The van der Waals surface area contributed by atoms with E-state index in [9.17, 15) is 4.79 Å². The van der Waals surface area contributed by atoms with Gasteiger partial charge >= 0.3 is 0 Å². The third kappa shape index (κ3) is 3.26. The second kappa shape index (κ2) is 6.13. The lowest BCUT2D eigenvalue weighted by molar-refractivity contribution is -0.107. The van der Waals surface area contributed by atoms with E-state index in [1.54, 1.807) is 6.08 Å². The molecular weight excluding hydrogens is 326 g/mol. The highest BCUT2D eigenvalue weighted by atomic mass is 35.5. The van der Waals surface area contributed by atoms with Crippen molar-refractivity contribution in [1.82, 2.24) is 0 Å². The van der Waals surface area contributed by atoms with Crippen molar-refractivity contribution in [2.24, 2.45) is 4.99 Å². The fraction of sp³-hybridized carbons (Fsp3) is 0.0667. The van der Waals surface area contributed by atoms with Gasteiger partial charge in [-0.25, -0.2) is 4.99 Å². The summed E-state index contributed by atoms with van der Waals surface area (Å²) in [5.41, 5.74) is 1.35. The second-order valence-electron chi connectivity index (χ2n) is 4.21. The molecule has 0 N–H and O–H groups in total. The molecule has 0 atom stereocenters. The Bertz CT molecular complexity index is 747. The van der Waals surface area contributed by atoms with Crippen LogP contribution < -0.4 is 0 Å². The molecule has 0 saturated carbocycles. The molecule has 0 unspecified atom stereocenters. The topological polar surface area (TPSA) is 42.6 Å². The Labute approximate surface area is 135 Å². The zero-order valence-corrected chi connectivity index (χ0v) is 13.4. The highest BCUT2D eigenvalue weighted by molar-refractivity contribution is 8.45. The molecular formula is C15H10ClNO2S2. The summed E-state index contributed by atoms with van der Waals surface area (Å²) in [7, 11) is 0. The fourth-order valence-electron chi connectivity index (χ4n) is 1.81. The molecule has 2 heterocycles. The van der Waals surface area contributed by atoms with Gasteiger partial charge in [-0.15, -0.1) is 11.8 Å². The van der Waals surface area contributed by atoms with Gasteiger partial charge < -0.3 is 4.42 Å². The van der Waals surface area contributed by atoms with Gasteiger partial charge in [-0.1, -0.05) is 11.6 Å². The van der Waals surface area contributed by atoms with E-state index in [1.165, 1.54) is 11.8 Å². The van der Waals surface area contributed by atoms with Crippen molar-refractivity contribution in [1.29, 1.82) is 0 Å². The first-order chi connectivity index (χ1) is 10.2. The number of benzene rings is 1. The third-order valence-corrected chi connectivity index (χ3v) is 4.91. The van der Waals surface area contributed by atoms with E-state index >= 15 is 0 Å². The summed E-state index contributed by atoms with van der Waals surface area (Å²) in [6.07, 6.45) is 3.56. The van der Waals surface area contributed by atoms with Gasteiger partial charge in [0, 0.05) is 16.7 Å². The molecule has 0 spiro atoms. The summed E-state index contributed by atoms with van der Waals surface area (Å²) < 4.78 is 6.49. The molecule has 0 fully saturated rings. The zero-order valence-electron chi connectivity index (χ0n) is 11.0. The van der Waals surface area contributed by atoms with Crippen LogP contribution in [0.3, 0.4) is 0 Å². The lowest BCUT2D eigenvalue weighted by atomic mass is 10.2. The van der Waals surface area contributed by atoms with E-state index in [-0.39, 0.29) is 5.12 Å². The van der Waals surface area contributed by atoms with Gasteiger partial charge in [0.15, 0.2) is 0 Å². The fourth-order valence-corrected chi connectivity index (χ4v) is 3.20. The molecule has 6 heteroatoms. The van der Waals surface area contributed by atoms with Crippen molar-refractivity contribution in [3.63, 3.8) is 0 Å².